The van der Waals surface area contributed by atoms with Crippen molar-refractivity contribution in [1.82, 2.24) is 4.90 Å². The van der Waals surface area contributed by atoms with Gasteiger partial charge in [-0.1, -0.05) is 12.1 Å². The normalized spacial score (nSPS) is 19.8. The molecule has 2 rings (SSSR count). The van der Waals surface area contributed by atoms with Crippen molar-refractivity contribution < 1.29 is 4.74 Å². The van der Waals surface area contributed by atoms with Crippen molar-refractivity contribution in [3.8, 4) is 0 Å². The predicted octanol–water partition coefficient (Wildman–Crippen LogP) is 2.58. The molecule has 0 amide bonds. The number of nitrogens with one attached hydrogen (secondary N) is 1. The third-order valence-corrected chi connectivity index (χ3v) is 3.87. The molecule has 1 aliphatic heterocycles. The predicted molar refractivity (Wildman–Crippen MR) is 74.5 cm³/mol. The molecular formula is C13H19BrN2O. The highest BCUT2D eigenvalue weighted by molar-refractivity contribution is 9.10. The van der Waals surface area contributed by atoms with Crippen LogP contribution in [0.4, 0.5) is 5.69 Å². The summed E-state index contributed by atoms with van der Waals surface area (Å²) in [5.74, 6) is 0. The molecule has 1 aliphatic rings. The molecule has 1 atom stereocenters. The number of rotatable bonds is 5. The largest absolute Gasteiger partial charge is 0.383 e. The molecule has 1 aromatic rings. The van der Waals surface area contributed by atoms with E-state index in [1.165, 1.54) is 0 Å². The van der Waals surface area contributed by atoms with E-state index in [1.807, 2.05) is 12.1 Å². The summed E-state index contributed by atoms with van der Waals surface area (Å²) in [5, 5.41) is 3.44. The van der Waals surface area contributed by atoms with Crippen LogP contribution in [0, 0.1) is 0 Å². The second kappa shape index (κ2) is 6.38. The summed E-state index contributed by atoms with van der Waals surface area (Å²) in [6, 6.07) is 8.80. The maximum atomic E-state index is 5.39. The first-order valence-electron chi connectivity index (χ1n) is 6.04. The topological polar surface area (TPSA) is 24.5 Å². The minimum absolute atomic E-state index is 0.594. The van der Waals surface area contributed by atoms with Crippen molar-refractivity contribution in [1.29, 1.82) is 0 Å². The molecule has 94 valence electrons. The van der Waals surface area contributed by atoms with Crippen molar-refractivity contribution in [2.24, 2.45) is 0 Å². The van der Waals surface area contributed by atoms with Gasteiger partial charge in [0.15, 0.2) is 0 Å². The Labute approximate surface area is 111 Å². The smallest absolute Gasteiger partial charge is 0.0622 e. The van der Waals surface area contributed by atoms with E-state index in [2.05, 4.69) is 45.3 Å². The van der Waals surface area contributed by atoms with E-state index < -0.39 is 0 Å². The molecule has 0 saturated carbocycles. The van der Waals surface area contributed by atoms with Crippen molar-refractivity contribution in [3.05, 3.63) is 28.7 Å². The Morgan fingerprint density at radius 1 is 1.47 bits per heavy atom. The molecule has 1 N–H and O–H groups in total. The van der Waals surface area contributed by atoms with E-state index in [0.29, 0.717) is 6.04 Å². The number of hydrogen-bond donors (Lipinski definition) is 1. The molecular weight excluding hydrogens is 280 g/mol. The van der Waals surface area contributed by atoms with Crippen LogP contribution >= 0.6 is 15.9 Å². The standard InChI is InChI=1S/C13H19BrN2O/c1-16(11-6-9-17-10-11)8-7-15-13-5-3-2-4-12(13)14/h2-5,11,15H,6-10H2,1H3. The number of anilines is 1. The van der Waals surface area contributed by atoms with Gasteiger partial charge in [-0.2, -0.15) is 0 Å². The maximum Gasteiger partial charge on any atom is 0.0622 e. The van der Waals surface area contributed by atoms with Gasteiger partial charge < -0.3 is 10.1 Å². The Morgan fingerprint density at radius 3 is 3.00 bits per heavy atom. The summed E-state index contributed by atoms with van der Waals surface area (Å²) in [6.07, 6.45) is 1.16. The van der Waals surface area contributed by atoms with Crippen LogP contribution in [0.1, 0.15) is 6.42 Å². The number of hydrogen-bond acceptors (Lipinski definition) is 3. The van der Waals surface area contributed by atoms with Crippen LogP contribution in [0.2, 0.25) is 0 Å². The number of para-hydroxylation sites is 1. The van der Waals surface area contributed by atoms with E-state index in [4.69, 9.17) is 4.74 Å². The van der Waals surface area contributed by atoms with Gasteiger partial charge >= 0.3 is 0 Å². The second-order valence-corrected chi connectivity index (χ2v) is 5.26. The van der Waals surface area contributed by atoms with Gasteiger partial charge in [-0.25, -0.2) is 0 Å². The molecule has 1 saturated heterocycles. The molecule has 1 aromatic carbocycles. The van der Waals surface area contributed by atoms with Crippen molar-refractivity contribution in [3.63, 3.8) is 0 Å². The first kappa shape index (κ1) is 12.9. The van der Waals surface area contributed by atoms with E-state index in [1.54, 1.807) is 0 Å². The van der Waals surface area contributed by atoms with Crippen LogP contribution in [-0.4, -0.2) is 44.3 Å². The molecule has 0 radical (unpaired) electrons. The third kappa shape index (κ3) is 3.69. The number of ether oxygens (including phenoxy) is 1. The number of likely N-dealkylation sites (N-methyl/N-ethyl adjacent to an activating group) is 1. The highest BCUT2D eigenvalue weighted by Crippen LogP contribution is 2.20. The SMILES string of the molecule is CN(CCNc1ccccc1Br)C1CCOC1. The average molecular weight is 299 g/mol. The van der Waals surface area contributed by atoms with Crippen molar-refractivity contribution in [2.75, 3.05) is 38.7 Å². The summed E-state index contributed by atoms with van der Waals surface area (Å²) < 4.78 is 6.51. The molecule has 3 nitrogen and oxygen atoms in total. The molecule has 1 fully saturated rings. The minimum atomic E-state index is 0.594. The monoisotopic (exact) mass is 298 g/mol. The van der Waals surface area contributed by atoms with Gasteiger partial charge in [0.05, 0.1) is 6.61 Å². The fourth-order valence-electron chi connectivity index (χ4n) is 2.02. The van der Waals surface area contributed by atoms with Crippen LogP contribution in [0.5, 0.6) is 0 Å². The fourth-order valence-corrected chi connectivity index (χ4v) is 2.45. The number of nitrogens with zero attached hydrogens (tertiary/aromatic N) is 1. The minimum Gasteiger partial charge on any atom is -0.383 e. The van der Waals surface area contributed by atoms with Crippen molar-refractivity contribution >= 4 is 21.6 Å². The van der Waals surface area contributed by atoms with E-state index in [9.17, 15) is 0 Å². The summed E-state index contributed by atoms with van der Waals surface area (Å²) in [4.78, 5) is 2.37. The Kier molecular flexibility index (Phi) is 4.83. The van der Waals surface area contributed by atoms with Crippen LogP contribution in [0.25, 0.3) is 0 Å². The van der Waals surface area contributed by atoms with Gasteiger partial charge in [0.1, 0.15) is 0 Å². The van der Waals surface area contributed by atoms with Gasteiger partial charge in [-0.05, 0) is 41.5 Å². The van der Waals surface area contributed by atoms with Gasteiger partial charge in [0.2, 0.25) is 0 Å². The second-order valence-electron chi connectivity index (χ2n) is 4.40. The molecule has 0 bridgehead atoms. The summed E-state index contributed by atoms with van der Waals surface area (Å²) in [7, 11) is 2.17. The summed E-state index contributed by atoms with van der Waals surface area (Å²) in [6.45, 7) is 3.78. The maximum absolute atomic E-state index is 5.39. The number of benzene rings is 1. The molecule has 0 aromatic heterocycles. The van der Waals surface area contributed by atoms with Crippen molar-refractivity contribution in [2.45, 2.75) is 12.5 Å². The van der Waals surface area contributed by atoms with Gasteiger partial charge in [0, 0.05) is 35.9 Å². The zero-order chi connectivity index (χ0) is 12.1. The third-order valence-electron chi connectivity index (χ3n) is 3.18. The quantitative estimate of drug-likeness (QED) is 0.904. The zero-order valence-corrected chi connectivity index (χ0v) is 11.7. The fraction of sp³-hybridized carbons (Fsp3) is 0.538. The molecule has 0 aliphatic carbocycles. The average Bonchev–Trinajstić information content (AvgIpc) is 2.85. The lowest BCUT2D eigenvalue weighted by Gasteiger charge is -2.23. The molecule has 4 heteroatoms. The Bertz CT molecular complexity index is 353. The van der Waals surface area contributed by atoms with Gasteiger partial charge in [-0.15, -0.1) is 0 Å². The zero-order valence-electron chi connectivity index (χ0n) is 10.2. The van der Waals surface area contributed by atoms with Gasteiger partial charge in [0.25, 0.3) is 0 Å². The summed E-state index contributed by atoms with van der Waals surface area (Å²) in [5.41, 5.74) is 1.16. The van der Waals surface area contributed by atoms with E-state index in [-0.39, 0.29) is 0 Å². The summed E-state index contributed by atoms with van der Waals surface area (Å²) >= 11 is 3.53. The molecule has 1 heterocycles. The first-order chi connectivity index (χ1) is 8.27. The Morgan fingerprint density at radius 2 is 2.29 bits per heavy atom. The van der Waals surface area contributed by atoms with Crippen LogP contribution in [-0.2, 0) is 4.74 Å². The highest BCUT2D eigenvalue weighted by Gasteiger charge is 2.19. The lowest BCUT2D eigenvalue weighted by molar-refractivity contribution is 0.161. The first-order valence-corrected chi connectivity index (χ1v) is 6.83. The lowest BCUT2D eigenvalue weighted by atomic mass is 10.2. The molecule has 17 heavy (non-hydrogen) atoms. The lowest BCUT2D eigenvalue weighted by Crippen LogP contribution is -2.35. The van der Waals surface area contributed by atoms with E-state index in [0.717, 1.165) is 42.9 Å². The van der Waals surface area contributed by atoms with Gasteiger partial charge in [-0.3, -0.25) is 4.90 Å². The van der Waals surface area contributed by atoms with Crippen LogP contribution in [0.15, 0.2) is 28.7 Å². The molecule has 1 unspecified atom stereocenters. The van der Waals surface area contributed by atoms with Crippen LogP contribution in [0.3, 0.4) is 0 Å². The highest BCUT2D eigenvalue weighted by atomic mass is 79.9. The Hall–Kier alpha value is -0.580. The van der Waals surface area contributed by atoms with E-state index >= 15 is 0 Å². The van der Waals surface area contributed by atoms with Crippen LogP contribution < -0.4 is 5.32 Å². The number of halogens is 1. The Balaban J connectivity index is 1.74. The molecule has 0 spiro atoms.